The molecule has 0 aliphatic carbocycles. The van der Waals surface area contributed by atoms with E-state index in [4.69, 9.17) is 10.6 Å². The zero-order chi connectivity index (χ0) is 13.2. The Balaban J connectivity index is 1.96. The molecular formula is C15H16N2O2. The third-order valence-electron chi connectivity index (χ3n) is 3.46. The molecule has 0 fully saturated rings. The summed E-state index contributed by atoms with van der Waals surface area (Å²) in [5, 5.41) is 9.56. The molecule has 2 aromatic rings. The molecule has 4 heteroatoms. The summed E-state index contributed by atoms with van der Waals surface area (Å²) < 4.78 is 6.00. The Morgan fingerprint density at radius 3 is 2.68 bits per heavy atom. The molecule has 4 N–H and O–H groups in total. The normalized spacial score (nSPS) is 21.5. The second kappa shape index (κ2) is 4.91. The van der Waals surface area contributed by atoms with Crippen molar-refractivity contribution in [2.45, 2.75) is 18.6 Å². The first-order valence-corrected chi connectivity index (χ1v) is 6.28. The fourth-order valence-electron chi connectivity index (χ4n) is 2.49. The standard InChI is InChI=1S/C15H16N2O2/c16-17-13-9-15(10-4-2-1-3-5-10)19-14-7-6-11(18)8-12(13)14/h1-8,13,15,17-18H,9,16H2/t13-,15-/m0/s1. The van der Waals surface area contributed by atoms with Gasteiger partial charge in [-0.1, -0.05) is 30.3 Å². The number of nitrogens with two attached hydrogens (primary N) is 1. The second-order valence-electron chi connectivity index (χ2n) is 4.69. The maximum Gasteiger partial charge on any atom is 0.126 e. The Bertz CT molecular complexity index is 572. The van der Waals surface area contributed by atoms with Crippen LogP contribution in [0.15, 0.2) is 48.5 Å². The van der Waals surface area contributed by atoms with Gasteiger partial charge in [0.1, 0.15) is 17.6 Å². The lowest BCUT2D eigenvalue weighted by Gasteiger charge is -2.32. The van der Waals surface area contributed by atoms with E-state index < -0.39 is 0 Å². The van der Waals surface area contributed by atoms with Gasteiger partial charge in [0, 0.05) is 12.0 Å². The highest BCUT2D eigenvalue weighted by molar-refractivity contribution is 5.43. The van der Waals surface area contributed by atoms with E-state index in [1.165, 1.54) is 0 Å². The monoisotopic (exact) mass is 256 g/mol. The van der Waals surface area contributed by atoms with E-state index in [2.05, 4.69) is 5.43 Å². The number of hydrogen-bond donors (Lipinski definition) is 3. The molecule has 1 heterocycles. The molecule has 2 aromatic carbocycles. The van der Waals surface area contributed by atoms with Crippen LogP contribution < -0.4 is 16.0 Å². The highest BCUT2D eigenvalue weighted by Crippen LogP contribution is 2.41. The van der Waals surface area contributed by atoms with Crippen molar-refractivity contribution in [3.8, 4) is 11.5 Å². The average molecular weight is 256 g/mol. The van der Waals surface area contributed by atoms with Crippen molar-refractivity contribution in [1.29, 1.82) is 0 Å². The molecule has 4 nitrogen and oxygen atoms in total. The van der Waals surface area contributed by atoms with E-state index in [0.717, 1.165) is 23.3 Å². The first kappa shape index (κ1) is 12.0. The molecule has 0 aromatic heterocycles. The summed E-state index contributed by atoms with van der Waals surface area (Å²) in [5.41, 5.74) is 4.82. The lowest BCUT2D eigenvalue weighted by molar-refractivity contribution is 0.151. The molecule has 0 amide bonds. The number of aromatic hydroxyl groups is 1. The number of rotatable bonds is 2. The van der Waals surface area contributed by atoms with Crippen LogP contribution in [0.1, 0.15) is 29.7 Å². The Labute approximate surface area is 111 Å². The Morgan fingerprint density at radius 1 is 1.16 bits per heavy atom. The summed E-state index contributed by atoms with van der Waals surface area (Å²) in [4.78, 5) is 0. The van der Waals surface area contributed by atoms with Gasteiger partial charge in [0.2, 0.25) is 0 Å². The van der Waals surface area contributed by atoms with Crippen LogP contribution in [0.2, 0.25) is 0 Å². The zero-order valence-electron chi connectivity index (χ0n) is 10.4. The van der Waals surface area contributed by atoms with Crippen LogP contribution in [0, 0.1) is 0 Å². The quantitative estimate of drug-likeness (QED) is 0.570. The van der Waals surface area contributed by atoms with E-state index in [9.17, 15) is 5.11 Å². The van der Waals surface area contributed by atoms with Crippen LogP contribution in [0.5, 0.6) is 11.5 Å². The van der Waals surface area contributed by atoms with Crippen molar-refractivity contribution in [1.82, 2.24) is 5.43 Å². The first-order valence-electron chi connectivity index (χ1n) is 6.28. The minimum absolute atomic E-state index is 0.0268. The van der Waals surface area contributed by atoms with Gasteiger partial charge in [0.05, 0.1) is 6.04 Å². The predicted molar refractivity (Wildman–Crippen MR) is 72.6 cm³/mol. The number of ether oxygens (including phenoxy) is 1. The highest BCUT2D eigenvalue weighted by atomic mass is 16.5. The lowest BCUT2D eigenvalue weighted by atomic mass is 9.93. The maximum absolute atomic E-state index is 9.56. The molecule has 0 spiro atoms. The fourth-order valence-corrected chi connectivity index (χ4v) is 2.49. The summed E-state index contributed by atoms with van der Waals surface area (Å²) >= 11 is 0. The van der Waals surface area contributed by atoms with Gasteiger partial charge < -0.3 is 9.84 Å². The third-order valence-corrected chi connectivity index (χ3v) is 3.46. The average Bonchev–Trinajstić information content (AvgIpc) is 2.47. The van der Waals surface area contributed by atoms with Gasteiger partial charge in [-0.15, -0.1) is 0 Å². The second-order valence-corrected chi connectivity index (χ2v) is 4.69. The van der Waals surface area contributed by atoms with Crippen LogP contribution in [0.4, 0.5) is 0 Å². The van der Waals surface area contributed by atoms with Crippen molar-refractivity contribution in [3.05, 3.63) is 59.7 Å². The van der Waals surface area contributed by atoms with Gasteiger partial charge in [0.25, 0.3) is 0 Å². The van der Waals surface area contributed by atoms with Gasteiger partial charge in [-0.25, -0.2) is 0 Å². The number of benzene rings is 2. The van der Waals surface area contributed by atoms with Crippen LogP contribution in [-0.4, -0.2) is 5.11 Å². The van der Waals surface area contributed by atoms with E-state index >= 15 is 0 Å². The predicted octanol–water partition coefficient (Wildman–Crippen LogP) is 2.42. The van der Waals surface area contributed by atoms with Crippen molar-refractivity contribution >= 4 is 0 Å². The molecule has 0 saturated heterocycles. The molecule has 0 radical (unpaired) electrons. The van der Waals surface area contributed by atoms with Gasteiger partial charge in [-0.2, -0.15) is 0 Å². The van der Waals surface area contributed by atoms with E-state index in [1.54, 1.807) is 18.2 Å². The van der Waals surface area contributed by atoms with E-state index in [1.807, 2.05) is 30.3 Å². The van der Waals surface area contributed by atoms with Crippen molar-refractivity contribution in [3.63, 3.8) is 0 Å². The van der Waals surface area contributed by atoms with Crippen molar-refractivity contribution < 1.29 is 9.84 Å². The van der Waals surface area contributed by atoms with Gasteiger partial charge in [0.15, 0.2) is 0 Å². The Morgan fingerprint density at radius 2 is 1.95 bits per heavy atom. The molecule has 3 rings (SSSR count). The zero-order valence-corrected chi connectivity index (χ0v) is 10.4. The third kappa shape index (κ3) is 2.28. The SMILES string of the molecule is NN[C@H]1C[C@@H](c2ccccc2)Oc2ccc(O)cc21. The van der Waals surface area contributed by atoms with Gasteiger partial charge in [-0.3, -0.25) is 11.3 Å². The Hall–Kier alpha value is -2.04. The molecular weight excluding hydrogens is 240 g/mol. The minimum atomic E-state index is -0.0284. The highest BCUT2D eigenvalue weighted by Gasteiger charge is 2.28. The number of fused-ring (bicyclic) bond motifs is 1. The number of phenols is 1. The van der Waals surface area contributed by atoms with Crippen molar-refractivity contribution in [2.75, 3.05) is 0 Å². The number of nitrogens with one attached hydrogen (secondary N) is 1. The molecule has 0 bridgehead atoms. The summed E-state index contributed by atoms with van der Waals surface area (Å²) in [6, 6.07) is 15.1. The summed E-state index contributed by atoms with van der Waals surface area (Å²) in [7, 11) is 0. The van der Waals surface area contributed by atoms with Crippen LogP contribution in [0.25, 0.3) is 0 Å². The topological polar surface area (TPSA) is 67.5 Å². The molecule has 19 heavy (non-hydrogen) atoms. The molecule has 1 aliphatic heterocycles. The molecule has 2 atom stereocenters. The van der Waals surface area contributed by atoms with Gasteiger partial charge >= 0.3 is 0 Å². The first-order chi connectivity index (χ1) is 9.28. The summed E-state index contributed by atoms with van der Waals surface area (Å²) in [6.45, 7) is 0. The largest absolute Gasteiger partial charge is 0.508 e. The molecule has 0 unspecified atom stereocenters. The summed E-state index contributed by atoms with van der Waals surface area (Å²) in [5.74, 6) is 6.61. The van der Waals surface area contributed by atoms with E-state index in [-0.39, 0.29) is 17.9 Å². The van der Waals surface area contributed by atoms with Crippen molar-refractivity contribution in [2.24, 2.45) is 5.84 Å². The molecule has 1 aliphatic rings. The lowest BCUT2D eigenvalue weighted by Crippen LogP contribution is -2.33. The molecule has 0 saturated carbocycles. The van der Waals surface area contributed by atoms with Crippen LogP contribution in [-0.2, 0) is 0 Å². The van der Waals surface area contributed by atoms with E-state index in [0.29, 0.717) is 0 Å². The van der Waals surface area contributed by atoms with Crippen LogP contribution >= 0.6 is 0 Å². The fraction of sp³-hybridized carbons (Fsp3) is 0.200. The van der Waals surface area contributed by atoms with Gasteiger partial charge in [-0.05, 0) is 23.8 Å². The smallest absolute Gasteiger partial charge is 0.126 e. The minimum Gasteiger partial charge on any atom is -0.508 e. The number of phenolic OH excluding ortho intramolecular Hbond substituents is 1. The Kier molecular flexibility index (Phi) is 3.11. The molecule has 98 valence electrons. The number of hydrazine groups is 1. The maximum atomic E-state index is 9.56. The summed E-state index contributed by atoms with van der Waals surface area (Å²) in [6.07, 6.45) is 0.705. The number of hydrogen-bond acceptors (Lipinski definition) is 4. The van der Waals surface area contributed by atoms with Crippen LogP contribution in [0.3, 0.4) is 0 Å².